The van der Waals surface area contributed by atoms with E-state index in [1.54, 1.807) is 24.3 Å². The molecule has 0 N–H and O–H groups in total. The molecule has 0 fully saturated rings. The first-order valence-electron chi connectivity index (χ1n) is 8.59. The molecule has 0 aliphatic rings. The van der Waals surface area contributed by atoms with Gasteiger partial charge in [0.15, 0.2) is 0 Å². The second kappa shape index (κ2) is 9.62. The molecule has 0 aliphatic carbocycles. The number of rotatable bonds is 10. The summed E-state index contributed by atoms with van der Waals surface area (Å²) in [7, 11) is -6.66. The van der Waals surface area contributed by atoms with Crippen molar-refractivity contribution in [3.63, 3.8) is 0 Å². The molecule has 28 heavy (non-hydrogen) atoms. The lowest BCUT2D eigenvalue weighted by Crippen LogP contribution is -2.27. The fraction of sp³-hybridized carbons (Fsp3) is 0.368. The standard InChI is InChI=1S/C19H24O7S2/c1-15-4-8-18(9-5-15)27(20,21)25-14-17(12-13-24-3)26-28(22,23)19-10-6-16(2)7-11-19/h4-11,17H,12-14H2,1-3H3/t17-/m0/s1. The summed E-state index contributed by atoms with van der Waals surface area (Å²) in [5.74, 6) is 0. The van der Waals surface area contributed by atoms with Crippen LogP contribution in [-0.4, -0.2) is 43.3 Å². The third-order valence-corrected chi connectivity index (χ3v) is 6.61. The zero-order chi connectivity index (χ0) is 20.8. The van der Waals surface area contributed by atoms with Crippen LogP contribution in [0.4, 0.5) is 0 Å². The van der Waals surface area contributed by atoms with Crippen molar-refractivity contribution < 1.29 is 29.9 Å². The van der Waals surface area contributed by atoms with Gasteiger partial charge in [0.05, 0.1) is 16.4 Å². The highest BCUT2D eigenvalue weighted by molar-refractivity contribution is 7.87. The molecule has 2 aromatic carbocycles. The van der Waals surface area contributed by atoms with Crippen molar-refractivity contribution in [1.29, 1.82) is 0 Å². The molecule has 0 bridgehead atoms. The Morgan fingerprint density at radius 2 is 1.25 bits per heavy atom. The van der Waals surface area contributed by atoms with Crippen molar-refractivity contribution in [1.82, 2.24) is 0 Å². The van der Waals surface area contributed by atoms with Crippen molar-refractivity contribution in [2.45, 2.75) is 36.2 Å². The number of ether oxygens (including phenoxy) is 1. The highest BCUT2D eigenvalue weighted by Gasteiger charge is 2.25. The van der Waals surface area contributed by atoms with Crippen LogP contribution in [-0.2, 0) is 33.3 Å². The van der Waals surface area contributed by atoms with E-state index in [4.69, 9.17) is 13.1 Å². The molecule has 9 heteroatoms. The van der Waals surface area contributed by atoms with Gasteiger partial charge in [0, 0.05) is 20.1 Å². The fourth-order valence-electron chi connectivity index (χ4n) is 2.29. The van der Waals surface area contributed by atoms with Gasteiger partial charge < -0.3 is 4.74 Å². The lowest BCUT2D eigenvalue weighted by molar-refractivity contribution is 0.0936. The number of methoxy groups -OCH3 is 1. The van der Waals surface area contributed by atoms with E-state index < -0.39 is 32.9 Å². The molecule has 7 nitrogen and oxygen atoms in total. The van der Waals surface area contributed by atoms with E-state index in [9.17, 15) is 16.8 Å². The van der Waals surface area contributed by atoms with E-state index in [2.05, 4.69) is 0 Å². The number of hydrogen-bond acceptors (Lipinski definition) is 7. The fourth-order valence-corrected chi connectivity index (χ4v) is 4.31. The number of benzene rings is 2. The lowest BCUT2D eigenvalue weighted by atomic mass is 10.2. The molecule has 2 rings (SSSR count). The van der Waals surface area contributed by atoms with Crippen molar-refractivity contribution >= 4 is 20.2 Å². The molecule has 2 aromatic rings. The Morgan fingerprint density at radius 3 is 1.71 bits per heavy atom. The topological polar surface area (TPSA) is 96.0 Å². The van der Waals surface area contributed by atoms with Gasteiger partial charge in [0.25, 0.3) is 20.2 Å². The molecule has 0 amide bonds. The van der Waals surface area contributed by atoms with Crippen molar-refractivity contribution in [2.24, 2.45) is 0 Å². The first-order chi connectivity index (χ1) is 13.1. The van der Waals surface area contributed by atoms with E-state index in [0.717, 1.165) is 11.1 Å². The van der Waals surface area contributed by atoms with E-state index in [1.807, 2.05) is 13.8 Å². The van der Waals surface area contributed by atoms with Crippen molar-refractivity contribution in [3.05, 3.63) is 59.7 Å². The summed E-state index contributed by atoms with van der Waals surface area (Å²) < 4.78 is 64.9. The maximum Gasteiger partial charge on any atom is 0.297 e. The van der Waals surface area contributed by atoms with Gasteiger partial charge >= 0.3 is 0 Å². The summed E-state index contributed by atoms with van der Waals surface area (Å²) in [5.41, 5.74) is 1.81. The van der Waals surface area contributed by atoms with Gasteiger partial charge in [-0.05, 0) is 38.1 Å². The maximum atomic E-state index is 12.5. The number of aryl methyl sites for hydroxylation is 2. The van der Waals surface area contributed by atoms with Gasteiger partial charge in [-0.25, -0.2) is 0 Å². The molecule has 0 saturated heterocycles. The quantitative estimate of drug-likeness (QED) is 0.537. The summed E-state index contributed by atoms with van der Waals surface area (Å²) in [4.78, 5) is -0.0214. The number of hydrogen-bond donors (Lipinski definition) is 0. The first kappa shape index (κ1) is 22.5. The summed E-state index contributed by atoms with van der Waals surface area (Å²) in [6.45, 7) is 3.40. The third-order valence-electron chi connectivity index (χ3n) is 3.94. The molecule has 154 valence electrons. The molecule has 0 radical (unpaired) electrons. The molecule has 0 aliphatic heterocycles. The third kappa shape index (κ3) is 6.39. The van der Waals surface area contributed by atoms with Crippen LogP contribution in [0.3, 0.4) is 0 Å². The molecule has 0 heterocycles. The predicted octanol–water partition coefficient (Wildman–Crippen LogP) is 2.82. The molecular formula is C19H24O7S2. The molecule has 0 unspecified atom stereocenters. The first-order valence-corrected chi connectivity index (χ1v) is 11.4. The van der Waals surface area contributed by atoms with E-state index >= 15 is 0 Å². The van der Waals surface area contributed by atoms with Crippen LogP contribution in [0.5, 0.6) is 0 Å². The molecular weight excluding hydrogens is 404 g/mol. The second-order valence-corrected chi connectivity index (χ2v) is 9.51. The van der Waals surface area contributed by atoms with Crippen LogP contribution in [0, 0.1) is 13.8 Å². The summed E-state index contributed by atoms with van der Waals surface area (Å²) in [6.07, 6.45) is -0.878. The minimum Gasteiger partial charge on any atom is -0.385 e. The Hall–Kier alpha value is -1.78. The largest absolute Gasteiger partial charge is 0.385 e. The molecule has 0 aromatic heterocycles. The minimum absolute atomic E-state index is 0.00927. The van der Waals surface area contributed by atoms with Gasteiger partial charge in [0.1, 0.15) is 6.10 Å². The predicted molar refractivity (Wildman–Crippen MR) is 104 cm³/mol. The monoisotopic (exact) mass is 428 g/mol. The normalized spacial score (nSPS) is 13.4. The smallest absolute Gasteiger partial charge is 0.297 e. The van der Waals surface area contributed by atoms with Gasteiger partial charge in [-0.3, -0.25) is 8.37 Å². The van der Waals surface area contributed by atoms with E-state index in [1.165, 1.54) is 31.4 Å². The Bertz CT molecular complexity index is 964. The Kier molecular flexibility index (Phi) is 7.73. The zero-order valence-corrected chi connectivity index (χ0v) is 17.6. The maximum absolute atomic E-state index is 12.5. The Morgan fingerprint density at radius 1 is 0.786 bits per heavy atom. The van der Waals surface area contributed by atoms with Crippen LogP contribution < -0.4 is 0 Å². The van der Waals surface area contributed by atoms with Crippen LogP contribution in [0.1, 0.15) is 17.5 Å². The van der Waals surface area contributed by atoms with Crippen molar-refractivity contribution in [3.8, 4) is 0 Å². The van der Waals surface area contributed by atoms with Gasteiger partial charge in [0.2, 0.25) is 0 Å². The van der Waals surface area contributed by atoms with E-state index in [-0.39, 0.29) is 22.8 Å². The lowest BCUT2D eigenvalue weighted by Gasteiger charge is -2.17. The highest BCUT2D eigenvalue weighted by atomic mass is 32.2. The van der Waals surface area contributed by atoms with Crippen molar-refractivity contribution in [2.75, 3.05) is 20.3 Å². The molecule has 0 saturated carbocycles. The minimum atomic E-state index is -4.07. The Labute approximate surface area is 166 Å². The SMILES string of the molecule is COCC[C@@H](COS(=O)(=O)c1ccc(C)cc1)OS(=O)(=O)c1ccc(C)cc1. The summed E-state index contributed by atoms with van der Waals surface area (Å²) in [6, 6.07) is 12.3. The average Bonchev–Trinajstić information content (AvgIpc) is 2.64. The van der Waals surface area contributed by atoms with Crippen LogP contribution in [0.2, 0.25) is 0 Å². The Balaban J connectivity index is 2.12. The highest BCUT2D eigenvalue weighted by Crippen LogP contribution is 2.19. The molecule has 1 atom stereocenters. The van der Waals surface area contributed by atoms with Gasteiger partial charge in [-0.2, -0.15) is 16.8 Å². The summed E-state index contributed by atoms with van der Waals surface area (Å²) in [5, 5.41) is 0. The van der Waals surface area contributed by atoms with Crippen LogP contribution in [0.25, 0.3) is 0 Å². The van der Waals surface area contributed by atoms with Crippen LogP contribution in [0.15, 0.2) is 58.3 Å². The molecule has 0 spiro atoms. The van der Waals surface area contributed by atoms with E-state index in [0.29, 0.717) is 0 Å². The van der Waals surface area contributed by atoms with Crippen LogP contribution >= 0.6 is 0 Å². The zero-order valence-electron chi connectivity index (χ0n) is 16.0. The summed E-state index contributed by atoms with van der Waals surface area (Å²) >= 11 is 0. The second-order valence-electron chi connectivity index (χ2n) is 6.32. The van der Waals surface area contributed by atoms with Gasteiger partial charge in [-0.1, -0.05) is 35.4 Å². The van der Waals surface area contributed by atoms with Gasteiger partial charge in [-0.15, -0.1) is 0 Å². The average molecular weight is 429 g/mol.